The molecule has 0 radical (unpaired) electrons. The third kappa shape index (κ3) is 31.5. The molecule has 0 bridgehead atoms. The lowest BCUT2D eigenvalue weighted by molar-refractivity contribution is -0.134. The highest BCUT2D eigenvalue weighted by molar-refractivity contribution is 9.09. The van der Waals surface area contributed by atoms with Crippen LogP contribution in [0.3, 0.4) is 0 Å². The van der Waals surface area contributed by atoms with Crippen molar-refractivity contribution in [3.63, 3.8) is 0 Å². The van der Waals surface area contributed by atoms with Crippen molar-refractivity contribution in [2.45, 2.75) is 51.9 Å². The van der Waals surface area contributed by atoms with Crippen molar-refractivity contribution in [2.75, 3.05) is 11.9 Å². The third-order valence-electron chi connectivity index (χ3n) is 1.79. The van der Waals surface area contributed by atoms with E-state index in [0.29, 0.717) is 6.61 Å². The minimum Gasteiger partial charge on any atom is -0.481 e. The van der Waals surface area contributed by atoms with Crippen LogP contribution >= 0.6 is 15.9 Å². The molecule has 0 aromatic heterocycles. The molecule has 0 saturated carbocycles. The number of aliphatic hydroxyl groups excluding tert-OH is 1. The van der Waals surface area contributed by atoms with Gasteiger partial charge in [0.15, 0.2) is 0 Å². The van der Waals surface area contributed by atoms with Gasteiger partial charge in [0.05, 0.1) is 0 Å². The Bertz CT molecular complexity index is 117. The first-order chi connectivity index (χ1) is 7.15. The van der Waals surface area contributed by atoms with Gasteiger partial charge in [-0.05, 0) is 12.8 Å². The second-order valence-electron chi connectivity index (χ2n) is 3.41. The molecule has 0 unspecified atom stereocenters. The molecule has 0 aromatic rings. The first-order valence-electron chi connectivity index (χ1n) is 5.51. The molecule has 92 valence electrons. The fourth-order valence-electron chi connectivity index (χ4n) is 1.09. The van der Waals surface area contributed by atoms with Crippen molar-refractivity contribution in [1.29, 1.82) is 0 Å². The van der Waals surface area contributed by atoms with Gasteiger partial charge in [0.1, 0.15) is 0 Å². The van der Waals surface area contributed by atoms with E-state index in [1.54, 1.807) is 0 Å². The van der Waals surface area contributed by atoms with Crippen LogP contribution < -0.4 is 0 Å². The Hall–Kier alpha value is -0.0900. The molecule has 2 N–H and O–H groups in total. The normalized spacial score (nSPS) is 9.27. The maximum atomic E-state index is 9.00. The van der Waals surface area contributed by atoms with Crippen LogP contribution in [0.15, 0.2) is 0 Å². The highest BCUT2D eigenvalue weighted by Gasteiger charge is 1.89. The van der Waals surface area contributed by atoms with Crippen molar-refractivity contribution < 1.29 is 15.0 Å². The van der Waals surface area contributed by atoms with Crippen molar-refractivity contribution in [3.05, 3.63) is 0 Å². The maximum absolute atomic E-state index is 9.00. The summed E-state index contributed by atoms with van der Waals surface area (Å²) < 4.78 is 0. The van der Waals surface area contributed by atoms with Gasteiger partial charge in [0.2, 0.25) is 0 Å². The van der Waals surface area contributed by atoms with Gasteiger partial charge >= 0.3 is 0 Å². The molecule has 0 heterocycles. The predicted molar refractivity (Wildman–Crippen MR) is 66.5 cm³/mol. The summed E-state index contributed by atoms with van der Waals surface area (Å²) in [6.45, 7) is 1.45. The van der Waals surface area contributed by atoms with Crippen LogP contribution in [0.25, 0.3) is 0 Å². The summed E-state index contributed by atoms with van der Waals surface area (Å²) in [6.07, 6.45) is 8.83. The molecule has 0 aliphatic heterocycles. The minimum atomic E-state index is -0.833. The summed E-state index contributed by atoms with van der Waals surface area (Å²) >= 11 is 3.41. The topological polar surface area (TPSA) is 57.5 Å². The molecule has 0 atom stereocenters. The average Bonchev–Trinajstić information content (AvgIpc) is 2.16. The van der Waals surface area contributed by atoms with Gasteiger partial charge in [-0.15, -0.1) is 0 Å². The standard InChI is InChI=1S/C9H19BrO.C2H4O2/c10-8-6-4-2-1-3-5-7-9-11;1-2(3)4/h11H,1-9H2;1H3,(H,3,4). The average molecular weight is 283 g/mol. The zero-order chi connectivity index (χ0) is 11.9. The van der Waals surface area contributed by atoms with E-state index < -0.39 is 5.97 Å². The summed E-state index contributed by atoms with van der Waals surface area (Å²) in [5, 5.41) is 17.1. The molecule has 0 aromatic carbocycles. The highest BCUT2D eigenvalue weighted by Crippen LogP contribution is 2.07. The number of carboxylic acid groups (broad SMARTS) is 1. The molecule has 0 fully saturated rings. The van der Waals surface area contributed by atoms with Gasteiger partial charge in [-0.25, -0.2) is 0 Å². The van der Waals surface area contributed by atoms with Crippen LogP contribution in [0, 0.1) is 0 Å². The van der Waals surface area contributed by atoms with Gasteiger partial charge in [-0.1, -0.05) is 48.0 Å². The quantitative estimate of drug-likeness (QED) is 0.531. The lowest BCUT2D eigenvalue weighted by atomic mass is 10.1. The Morgan fingerprint density at radius 1 is 1.00 bits per heavy atom. The number of aliphatic carboxylic acids is 1. The monoisotopic (exact) mass is 282 g/mol. The largest absolute Gasteiger partial charge is 0.481 e. The second-order valence-corrected chi connectivity index (χ2v) is 4.20. The Labute approximate surface area is 101 Å². The summed E-state index contributed by atoms with van der Waals surface area (Å²) in [5.41, 5.74) is 0. The molecule has 0 aliphatic carbocycles. The zero-order valence-corrected chi connectivity index (χ0v) is 11.1. The minimum absolute atomic E-state index is 0.363. The maximum Gasteiger partial charge on any atom is 0.300 e. The summed E-state index contributed by atoms with van der Waals surface area (Å²) in [7, 11) is 0. The predicted octanol–water partition coefficient (Wildman–Crippen LogP) is 3.20. The molecule has 0 spiro atoms. The van der Waals surface area contributed by atoms with E-state index in [0.717, 1.165) is 18.7 Å². The summed E-state index contributed by atoms with van der Waals surface area (Å²) in [4.78, 5) is 9.00. The fourth-order valence-corrected chi connectivity index (χ4v) is 1.49. The van der Waals surface area contributed by atoms with E-state index in [1.807, 2.05) is 0 Å². The summed E-state index contributed by atoms with van der Waals surface area (Å²) in [5.74, 6) is -0.833. The number of carboxylic acids is 1. The molecule has 0 saturated heterocycles. The molecular formula is C11H23BrO3. The Morgan fingerprint density at radius 2 is 1.33 bits per heavy atom. The van der Waals surface area contributed by atoms with Crippen LogP contribution in [0.2, 0.25) is 0 Å². The van der Waals surface area contributed by atoms with E-state index in [-0.39, 0.29) is 0 Å². The van der Waals surface area contributed by atoms with E-state index in [4.69, 9.17) is 15.0 Å². The number of unbranched alkanes of at least 4 members (excludes halogenated alkanes) is 6. The zero-order valence-electron chi connectivity index (χ0n) is 9.54. The van der Waals surface area contributed by atoms with Gasteiger partial charge in [0, 0.05) is 18.9 Å². The lowest BCUT2D eigenvalue weighted by Gasteiger charge is -1.98. The lowest BCUT2D eigenvalue weighted by Crippen LogP contribution is -1.84. The van der Waals surface area contributed by atoms with E-state index in [1.165, 1.54) is 38.5 Å². The van der Waals surface area contributed by atoms with Gasteiger partial charge in [-0.3, -0.25) is 4.79 Å². The molecule has 0 rings (SSSR count). The van der Waals surface area contributed by atoms with Gasteiger partial charge in [-0.2, -0.15) is 0 Å². The molecule has 15 heavy (non-hydrogen) atoms. The van der Waals surface area contributed by atoms with E-state index in [9.17, 15) is 0 Å². The molecule has 0 amide bonds. The number of hydrogen-bond donors (Lipinski definition) is 2. The number of carbonyl (C=O) groups is 1. The van der Waals surface area contributed by atoms with Crippen LogP contribution in [-0.4, -0.2) is 28.1 Å². The molecule has 0 aliphatic rings. The first-order valence-corrected chi connectivity index (χ1v) is 6.63. The number of hydrogen-bond acceptors (Lipinski definition) is 2. The van der Waals surface area contributed by atoms with Crippen molar-refractivity contribution in [2.24, 2.45) is 0 Å². The fraction of sp³-hybridized carbons (Fsp3) is 0.909. The SMILES string of the molecule is CC(=O)O.OCCCCCCCCCBr. The number of alkyl halides is 1. The smallest absolute Gasteiger partial charge is 0.300 e. The second kappa shape index (κ2) is 16.3. The molecule has 3 nitrogen and oxygen atoms in total. The first kappa shape index (κ1) is 17.3. The van der Waals surface area contributed by atoms with Crippen molar-refractivity contribution in [1.82, 2.24) is 0 Å². The third-order valence-corrected chi connectivity index (χ3v) is 2.35. The Balaban J connectivity index is 0. The van der Waals surface area contributed by atoms with Gasteiger partial charge in [0.25, 0.3) is 5.97 Å². The Morgan fingerprint density at radius 3 is 1.67 bits per heavy atom. The number of aliphatic hydroxyl groups is 1. The number of rotatable bonds is 8. The van der Waals surface area contributed by atoms with Crippen LogP contribution in [-0.2, 0) is 4.79 Å². The summed E-state index contributed by atoms with van der Waals surface area (Å²) in [6, 6.07) is 0. The van der Waals surface area contributed by atoms with Gasteiger partial charge < -0.3 is 10.2 Å². The highest BCUT2D eigenvalue weighted by atomic mass is 79.9. The van der Waals surface area contributed by atoms with Crippen LogP contribution in [0.5, 0.6) is 0 Å². The van der Waals surface area contributed by atoms with Crippen molar-refractivity contribution in [3.8, 4) is 0 Å². The van der Waals surface area contributed by atoms with Crippen LogP contribution in [0.4, 0.5) is 0 Å². The van der Waals surface area contributed by atoms with E-state index in [2.05, 4.69) is 15.9 Å². The van der Waals surface area contributed by atoms with Crippen molar-refractivity contribution >= 4 is 21.9 Å². The molecular weight excluding hydrogens is 260 g/mol. The van der Waals surface area contributed by atoms with Crippen LogP contribution in [0.1, 0.15) is 51.9 Å². The molecule has 4 heteroatoms. The Kier molecular flexibility index (Phi) is 18.9. The van der Waals surface area contributed by atoms with E-state index >= 15 is 0 Å². The number of halogens is 1.